The fraction of sp³-hybridized carbons (Fsp3) is 0.154. The minimum Gasteiger partial charge on any atom is -0.497 e. The molecule has 0 aliphatic rings. The summed E-state index contributed by atoms with van der Waals surface area (Å²) in [5.74, 6) is -1.000. The number of methoxy groups -OCH3 is 2. The van der Waals surface area contributed by atoms with Gasteiger partial charge in [0.25, 0.3) is 17.7 Å². The number of benzene rings is 3. The summed E-state index contributed by atoms with van der Waals surface area (Å²) in [5.41, 5.74) is 0.983. The van der Waals surface area contributed by atoms with E-state index in [1.54, 1.807) is 36.4 Å². The minimum atomic E-state index is -0.772. The number of amides is 3. The van der Waals surface area contributed by atoms with Gasteiger partial charge in [0.2, 0.25) is 0 Å². The van der Waals surface area contributed by atoms with Gasteiger partial charge in [-0.05, 0) is 60.7 Å². The molecule has 186 valence electrons. The van der Waals surface area contributed by atoms with Crippen LogP contribution in [-0.2, 0) is 14.3 Å². The average Bonchev–Trinajstić information content (AvgIpc) is 2.91. The summed E-state index contributed by atoms with van der Waals surface area (Å²) in [6, 6.07) is 18.9. The van der Waals surface area contributed by atoms with E-state index in [9.17, 15) is 19.2 Å². The molecule has 3 rings (SSSR count). The van der Waals surface area contributed by atoms with Crippen molar-refractivity contribution in [3.63, 3.8) is 0 Å². The Morgan fingerprint density at radius 2 is 1.33 bits per heavy atom. The smallest absolute Gasteiger partial charge is 0.338 e. The molecule has 10 heteroatoms. The fourth-order valence-corrected chi connectivity index (χ4v) is 2.93. The summed E-state index contributed by atoms with van der Waals surface area (Å²) in [5, 5.41) is 4.83. The number of esters is 1. The molecule has 0 heterocycles. The molecule has 0 spiro atoms. The van der Waals surface area contributed by atoms with E-state index in [-0.39, 0.29) is 23.6 Å². The Bertz CT molecular complexity index is 1220. The van der Waals surface area contributed by atoms with Crippen molar-refractivity contribution in [3.8, 4) is 17.2 Å². The molecule has 3 aromatic carbocycles. The zero-order valence-electron chi connectivity index (χ0n) is 19.6. The quantitative estimate of drug-likeness (QED) is 0.414. The normalized spacial score (nSPS) is 10.1. The number of imide groups is 1. The monoisotopic (exact) mass is 492 g/mol. The first-order valence-corrected chi connectivity index (χ1v) is 10.7. The number of anilines is 1. The molecular weight excluding hydrogens is 468 g/mol. The second kappa shape index (κ2) is 12.6. The summed E-state index contributed by atoms with van der Waals surface area (Å²) < 4.78 is 20.5. The summed E-state index contributed by atoms with van der Waals surface area (Å²) in [6.45, 7) is -0.882. The van der Waals surface area contributed by atoms with Crippen molar-refractivity contribution in [2.24, 2.45) is 0 Å². The third-order valence-corrected chi connectivity index (χ3v) is 4.75. The summed E-state index contributed by atoms with van der Waals surface area (Å²) in [4.78, 5) is 48.3. The summed E-state index contributed by atoms with van der Waals surface area (Å²) in [6.07, 6.45) is 0. The number of nitrogens with one attached hydrogen (secondary N) is 2. The molecule has 0 saturated carbocycles. The molecule has 2 N–H and O–H groups in total. The second-order valence-electron chi connectivity index (χ2n) is 7.28. The summed E-state index contributed by atoms with van der Waals surface area (Å²) in [7, 11) is 3.03. The highest BCUT2D eigenvalue weighted by Crippen LogP contribution is 2.17. The Labute approximate surface area is 207 Å². The fourth-order valence-electron chi connectivity index (χ4n) is 2.93. The van der Waals surface area contributed by atoms with Gasteiger partial charge in [-0.25, -0.2) is 4.79 Å². The lowest BCUT2D eigenvalue weighted by molar-refractivity contribution is -0.123. The first kappa shape index (κ1) is 25.8. The molecule has 0 saturated heterocycles. The topological polar surface area (TPSA) is 129 Å². The van der Waals surface area contributed by atoms with E-state index in [1.165, 1.54) is 50.6 Å². The molecule has 0 atom stereocenters. The maximum absolute atomic E-state index is 12.2. The second-order valence-corrected chi connectivity index (χ2v) is 7.28. The molecule has 0 aliphatic carbocycles. The average molecular weight is 492 g/mol. The Hall–Kier alpha value is -4.86. The maximum atomic E-state index is 12.2. The van der Waals surface area contributed by atoms with Crippen molar-refractivity contribution < 1.29 is 38.1 Å². The van der Waals surface area contributed by atoms with Crippen molar-refractivity contribution in [2.45, 2.75) is 0 Å². The molecule has 0 unspecified atom stereocenters. The van der Waals surface area contributed by atoms with Crippen LogP contribution in [0.2, 0.25) is 0 Å². The molecule has 36 heavy (non-hydrogen) atoms. The van der Waals surface area contributed by atoms with Crippen LogP contribution in [0.1, 0.15) is 20.7 Å². The molecule has 0 aliphatic heterocycles. The van der Waals surface area contributed by atoms with Crippen LogP contribution < -0.4 is 24.8 Å². The SMILES string of the molecule is COc1ccc(C(=O)NC(=O)COC(=O)c2ccc(OCC(=O)Nc3cccc(OC)c3)cc2)cc1. The number of rotatable bonds is 10. The van der Waals surface area contributed by atoms with Crippen LogP contribution in [0, 0.1) is 0 Å². The molecule has 3 amide bonds. The van der Waals surface area contributed by atoms with Gasteiger partial charge in [0.1, 0.15) is 17.2 Å². The third kappa shape index (κ3) is 7.59. The highest BCUT2D eigenvalue weighted by molar-refractivity contribution is 6.05. The van der Waals surface area contributed by atoms with Crippen molar-refractivity contribution in [1.29, 1.82) is 0 Å². The highest BCUT2D eigenvalue weighted by atomic mass is 16.5. The molecule has 0 fully saturated rings. The third-order valence-electron chi connectivity index (χ3n) is 4.75. The number of carbonyl (C=O) groups excluding carboxylic acids is 4. The van der Waals surface area contributed by atoms with Gasteiger partial charge in [-0.2, -0.15) is 0 Å². The van der Waals surface area contributed by atoms with Crippen molar-refractivity contribution in [2.75, 3.05) is 32.8 Å². The van der Waals surface area contributed by atoms with E-state index in [0.29, 0.717) is 22.9 Å². The number of ether oxygens (including phenoxy) is 4. The number of carbonyl (C=O) groups is 4. The Morgan fingerprint density at radius 3 is 2.00 bits per heavy atom. The van der Waals surface area contributed by atoms with Gasteiger partial charge < -0.3 is 24.3 Å². The van der Waals surface area contributed by atoms with Crippen molar-refractivity contribution >= 4 is 29.4 Å². The lowest BCUT2D eigenvalue weighted by Crippen LogP contribution is -2.34. The van der Waals surface area contributed by atoms with Crippen molar-refractivity contribution in [3.05, 3.63) is 83.9 Å². The first-order valence-electron chi connectivity index (χ1n) is 10.7. The first-order chi connectivity index (χ1) is 17.4. The lowest BCUT2D eigenvalue weighted by atomic mass is 10.2. The summed E-state index contributed by atoms with van der Waals surface area (Å²) >= 11 is 0. The van der Waals surface area contributed by atoms with Crippen LogP contribution in [0.4, 0.5) is 5.69 Å². The van der Waals surface area contributed by atoms with Gasteiger partial charge in [0.15, 0.2) is 13.2 Å². The minimum absolute atomic E-state index is 0.164. The van der Waals surface area contributed by atoms with Crippen LogP contribution in [0.5, 0.6) is 17.2 Å². The van der Waals surface area contributed by atoms with Crippen LogP contribution in [0.3, 0.4) is 0 Å². The lowest BCUT2D eigenvalue weighted by Gasteiger charge is -2.09. The van der Waals surface area contributed by atoms with Gasteiger partial charge >= 0.3 is 5.97 Å². The van der Waals surface area contributed by atoms with Gasteiger partial charge in [-0.1, -0.05) is 6.07 Å². The molecule has 3 aromatic rings. The number of hydrogen-bond acceptors (Lipinski definition) is 8. The van der Waals surface area contributed by atoms with Gasteiger partial charge in [-0.15, -0.1) is 0 Å². The van der Waals surface area contributed by atoms with E-state index in [0.717, 1.165) is 0 Å². The largest absolute Gasteiger partial charge is 0.497 e. The molecule has 0 radical (unpaired) electrons. The van der Waals surface area contributed by atoms with Crippen molar-refractivity contribution in [1.82, 2.24) is 5.32 Å². The van der Waals surface area contributed by atoms with E-state index >= 15 is 0 Å². The van der Waals surface area contributed by atoms with Gasteiger partial charge in [0.05, 0.1) is 19.8 Å². The molecule has 10 nitrogen and oxygen atoms in total. The van der Waals surface area contributed by atoms with Gasteiger partial charge in [-0.3, -0.25) is 19.7 Å². The Morgan fingerprint density at radius 1 is 0.694 bits per heavy atom. The van der Waals surface area contributed by atoms with E-state index in [4.69, 9.17) is 18.9 Å². The zero-order valence-corrected chi connectivity index (χ0v) is 19.6. The molecular formula is C26H24N2O8. The van der Waals surface area contributed by atoms with E-state index in [1.807, 2.05) is 0 Å². The highest BCUT2D eigenvalue weighted by Gasteiger charge is 2.14. The van der Waals surface area contributed by atoms with E-state index < -0.39 is 24.4 Å². The van der Waals surface area contributed by atoms with Crippen LogP contribution in [-0.4, -0.2) is 51.1 Å². The zero-order chi connectivity index (χ0) is 25.9. The molecule has 0 aromatic heterocycles. The van der Waals surface area contributed by atoms with Crippen LogP contribution in [0.25, 0.3) is 0 Å². The van der Waals surface area contributed by atoms with Crippen LogP contribution in [0.15, 0.2) is 72.8 Å². The Kier molecular flexibility index (Phi) is 8.99. The number of hydrogen-bond donors (Lipinski definition) is 2. The standard InChI is InChI=1S/C26H24N2O8/c1-33-20-10-6-17(7-11-20)25(31)28-24(30)16-36-26(32)18-8-12-21(13-9-18)35-15-23(29)27-19-4-3-5-22(14-19)34-2/h3-14H,15-16H2,1-2H3,(H,27,29)(H,28,30,31). The predicted octanol–water partition coefficient (Wildman–Crippen LogP) is 2.83. The van der Waals surface area contributed by atoms with Crippen LogP contribution >= 0.6 is 0 Å². The predicted molar refractivity (Wildman–Crippen MR) is 129 cm³/mol. The van der Waals surface area contributed by atoms with E-state index in [2.05, 4.69) is 10.6 Å². The maximum Gasteiger partial charge on any atom is 0.338 e. The van der Waals surface area contributed by atoms with Gasteiger partial charge in [0, 0.05) is 17.3 Å². The molecule has 0 bridgehead atoms. The Balaban J connectivity index is 1.42.